The number of phenols is 1. The summed E-state index contributed by atoms with van der Waals surface area (Å²) in [6.07, 6.45) is 4.84. The molecule has 190 valence electrons. The molecule has 0 saturated carbocycles. The molecule has 0 spiro atoms. The summed E-state index contributed by atoms with van der Waals surface area (Å²) in [5, 5.41) is 16.5. The van der Waals surface area contributed by atoms with Gasteiger partial charge in [-0.2, -0.15) is 5.10 Å². The molecule has 6 heteroatoms. The van der Waals surface area contributed by atoms with Crippen molar-refractivity contribution >= 4 is 10.8 Å². The number of nitrogens with zero attached hydrogens (tertiary/aromatic N) is 5. The fourth-order valence-electron chi connectivity index (χ4n) is 5.33. The minimum Gasteiger partial charge on any atom is -0.508 e. The zero-order valence-electron chi connectivity index (χ0n) is 22.2. The quantitative estimate of drug-likeness (QED) is 0.280. The third-order valence-electron chi connectivity index (χ3n) is 7.19. The minimum absolute atomic E-state index is 0.286. The van der Waals surface area contributed by atoms with Crippen molar-refractivity contribution in [3.05, 3.63) is 125 Å². The number of hydrogen-bond donors (Lipinski definition) is 1. The van der Waals surface area contributed by atoms with Crippen molar-refractivity contribution in [2.24, 2.45) is 0 Å². The number of aromatic hydroxyl groups is 1. The second-order valence-electron chi connectivity index (χ2n) is 10.2. The van der Waals surface area contributed by atoms with Gasteiger partial charge in [-0.3, -0.25) is 4.68 Å². The van der Waals surface area contributed by atoms with Crippen molar-refractivity contribution in [2.45, 2.75) is 40.7 Å². The van der Waals surface area contributed by atoms with Crippen LogP contribution in [0.25, 0.3) is 22.4 Å². The third-order valence-corrected chi connectivity index (χ3v) is 7.19. The summed E-state index contributed by atoms with van der Waals surface area (Å²) in [5.74, 6) is 2.15. The van der Waals surface area contributed by atoms with E-state index >= 15 is 0 Å². The molecule has 4 heterocycles. The molecule has 38 heavy (non-hydrogen) atoms. The van der Waals surface area contributed by atoms with E-state index in [2.05, 4.69) is 96.7 Å². The van der Waals surface area contributed by atoms with Gasteiger partial charge < -0.3 is 14.2 Å². The van der Waals surface area contributed by atoms with Crippen molar-refractivity contribution < 1.29 is 5.11 Å². The lowest BCUT2D eigenvalue weighted by atomic mass is 10.1. The van der Waals surface area contributed by atoms with E-state index in [4.69, 9.17) is 4.98 Å². The first-order valence-electron chi connectivity index (χ1n) is 12.9. The van der Waals surface area contributed by atoms with Crippen LogP contribution in [-0.2, 0) is 13.0 Å². The molecule has 0 fully saturated rings. The van der Waals surface area contributed by atoms with Gasteiger partial charge in [0, 0.05) is 35.4 Å². The van der Waals surface area contributed by atoms with Crippen molar-refractivity contribution in [3.63, 3.8) is 0 Å². The number of rotatable bonds is 6. The van der Waals surface area contributed by atoms with Crippen LogP contribution >= 0.6 is 0 Å². The molecule has 0 saturated heterocycles. The summed E-state index contributed by atoms with van der Waals surface area (Å²) in [7, 11) is 0. The summed E-state index contributed by atoms with van der Waals surface area (Å²) in [6, 6.07) is 24.7. The number of benzene rings is 2. The Bertz CT molecular complexity index is 1680. The van der Waals surface area contributed by atoms with Crippen molar-refractivity contribution in [1.29, 1.82) is 0 Å². The van der Waals surface area contributed by atoms with E-state index in [-0.39, 0.29) is 5.75 Å². The van der Waals surface area contributed by atoms with Crippen molar-refractivity contribution in [3.8, 4) is 17.4 Å². The van der Waals surface area contributed by atoms with E-state index in [1.165, 1.54) is 11.1 Å². The van der Waals surface area contributed by atoms with Crippen molar-refractivity contribution in [1.82, 2.24) is 23.9 Å². The van der Waals surface area contributed by atoms with Crippen LogP contribution in [0.5, 0.6) is 5.75 Å². The fraction of sp³-hybridized carbons (Fsp3) is 0.188. The topological polar surface area (TPSA) is 60.8 Å². The Hall–Kier alpha value is -4.58. The molecule has 0 aliphatic heterocycles. The standard InChI is InChI=1S/C32H31N5O/c1-21-5-6-22(2)36(21)31-15-26(16-32(34-31)37-23(3)7-8-24(37)4)13-27-18-33-35(20-27)19-25-9-10-29-17-30(38)12-11-28(29)14-25/h5-12,14-18,20,38H,13,19H2,1-4H3. The van der Waals surface area contributed by atoms with E-state index in [0.717, 1.165) is 57.2 Å². The summed E-state index contributed by atoms with van der Waals surface area (Å²) in [5.41, 5.74) is 8.17. The molecule has 0 unspecified atom stereocenters. The van der Waals surface area contributed by atoms with E-state index in [1.807, 2.05) is 23.0 Å². The first kappa shape index (κ1) is 23.8. The molecule has 6 rings (SSSR count). The summed E-state index contributed by atoms with van der Waals surface area (Å²) in [4.78, 5) is 5.08. The highest BCUT2D eigenvalue weighted by atomic mass is 16.3. The van der Waals surface area contributed by atoms with Gasteiger partial charge >= 0.3 is 0 Å². The summed E-state index contributed by atoms with van der Waals surface area (Å²) >= 11 is 0. The Labute approximate surface area is 222 Å². The van der Waals surface area contributed by atoms with Gasteiger partial charge in [-0.1, -0.05) is 18.2 Å². The molecule has 1 N–H and O–H groups in total. The van der Waals surface area contributed by atoms with E-state index in [0.29, 0.717) is 6.54 Å². The molecular formula is C32H31N5O. The van der Waals surface area contributed by atoms with Gasteiger partial charge in [0.25, 0.3) is 0 Å². The SMILES string of the molecule is Cc1ccc(C)n1-c1cc(Cc2cnn(Cc3ccc4cc(O)ccc4c3)c2)cc(-n2c(C)ccc2C)n1. The van der Waals surface area contributed by atoms with Gasteiger partial charge in [0.2, 0.25) is 0 Å². The number of hydrogen-bond acceptors (Lipinski definition) is 3. The van der Waals surface area contributed by atoms with Crippen LogP contribution in [0, 0.1) is 27.7 Å². The number of phenolic OH excluding ortho intramolecular Hbond substituents is 1. The van der Waals surface area contributed by atoms with E-state index < -0.39 is 0 Å². The van der Waals surface area contributed by atoms with Crippen LogP contribution in [0.15, 0.2) is 85.2 Å². The molecule has 0 radical (unpaired) electrons. The number of aromatic nitrogens is 5. The molecule has 0 atom stereocenters. The molecule has 0 amide bonds. The Morgan fingerprint density at radius 2 is 1.21 bits per heavy atom. The van der Waals surface area contributed by atoms with E-state index in [1.54, 1.807) is 12.1 Å². The lowest BCUT2D eigenvalue weighted by Crippen LogP contribution is -2.09. The van der Waals surface area contributed by atoms with Crippen LogP contribution in [0.3, 0.4) is 0 Å². The van der Waals surface area contributed by atoms with Gasteiger partial charge in [-0.15, -0.1) is 0 Å². The maximum Gasteiger partial charge on any atom is 0.139 e. The average molecular weight is 502 g/mol. The highest BCUT2D eigenvalue weighted by Crippen LogP contribution is 2.24. The maximum atomic E-state index is 9.73. The molecule has 6 nitrogen and oxygen atoms in total. The third kappa shape index (κ3) is 4.50. The van der Waals surface area contributed by atoms with Crippen LogP contribution < -0.4 is 0 Å². The number of pyridine rings is 1. The van der Waals surface area contributed by atoms with Gasteiger partial charge in [0.1, 0.15) is 17.4 Å². The largest absolute Gasteiger partial charge is 0.508 e. The Morgan fingerprint density at radius 1 is 0.632 bits per heavy atom. The number of fused-ring (bicyclic) bond motifs is 1. The van der Waals surface area contributed by atoms with Gasteiger partial charge in [-0.25, -0.2) is 4.98 Å². The molecule has 2 aromatic carbocycles. The Balaban J connectivity index is 1.32. The Morgan fingerprint density at radius 3 is 1.84 bits per heavy atom. The predicted molar refractivity (Wildman–Crippen MR) is 152 cm³/mol. The van der Waals surface area contributed by atoms with Crippen molar-refractivity contribution in [2.75, 3.05) is 0 Å². The zero-order valence-corrected chi connectivity index (χ0v) is 22.2. The van der Waals surface area contributed by atoms with Gasteiger partial charge in [0.15, 0.2) is 0 Å². The summed E-state index contributed by atoms with van der Waals surface area (Å²) in [6.45, 7) is 9.16. The minimum atomic E-state index is 0.286. The average Bonchev–Trinajstić information content (AvgIpc) is 3.57. The van der Waals surface area contributed by atoms with Crippen LogP contribution in [0.2, 0.25) is 0 Å². The van der Waals surface area contributed by atoms with Gasteiger partial charge in [-0.05, 0) is 110 Å². The molecule has 0 aliphatic rings. The van der Waals surface area contributed by atoms with Crippen LogP contribution in [-0.4, -0.2) is 29.0 Å². The smallest absolute Gasteiger partial charge is 0.139 e. The predicted octanol–water partition coefficient (Wildman–Crippen LogP) is 6.59. The lowest BCUT2D eigenvalue weighted by molar-refractivity contribution is 0.476. The zero-order chi connectivity index (χ0) is 26.4. The highest BCUT2D eigenvalue weighted by molar-refractivity contribution is 5.84. The van der Waals surface area contributed by atoms with Gasteiger partial charge in [0.05, 0.1) is 12.7 Å². The molecule has 0 aliphatic carbocycles. The normalized spacial score (nSPS) is 11.5. The molecule has 6 aromatic rings. The Kier molecular flexibility index (Phi) is 5.87. The second kappa shape index (κ2) is 9.38. The molecular weight excluding hydrogens is 470 g/mol. The number of aryl methyl sites for hydroxylation is 4. The lowest BCUT2D eigenvalue weighted by Gasteiger charge is -2.15. The maximum absolute atomic E-state index is 9.73. The highest BCUT2D eigenvalue weighted by Gasteiger charge is 2.13. The first-order chi connectivity index (χ1) is 18.3. The monoisotopic (exact) mass is 501 g/mol. The first-order valence-corrected chi connectivity index (χ1v) is 12.9. The molecule has 4 aromatic heterocycles. The van der Waals surface area contributed by atoms with Crippen LogP contribution in [0.1, 0.15) is 39.5 Å². The summed E-state index contributed by atoms with van der Waals surface area (Å²) < 4.78 is 6.41. The second-order valence-corrected chi connectivity index (χ2v) is 10.2. The van der Waals surface area contributed by atoms with E-state index in [9.17, 15) is 5.11 Å². The fourth-order valence-corrected chi connectivity index (χ4v) is 5.33. The molecule has 0 bridgehead atoms. The van der Waals surface area contributed by atoms with Crippen LogP contribution in [0.4, 0.5) is 0 Å².